The summed E-state index contributed by atoms with van der Waals surface area (Å²) >= 11 is 0. The van der Waals surface area contributed by atoms with Gasteiger partial charge in [0.2, 0.25) is 0 Å². The zero-order valence-electron chi connectivity index (χ0n) is 18.6. The molecule has 2 aromatic carbocycles. The number of carbonyl (C=O) groups excluding carboxylic acids is 1. The molecule has 170 valence electrons. The van der Waals surface area contributed by atoms with Crippen molar-refractivity contribution in [3.63, 3.8) is 0 Å². The summed E-state index contributed by atoms with van der Waals surface area (Å²) in [7, 11) is -2.51. The molecule has 32 heavy (non-hydrogen) atoms. The van der Waals surface area contributed by atoms with E-state index in [1.54, 1.807) is 24.3 Å². The molecule has 0 atom stereocenters. The monoisotopic (exact) mass is 454 g/mol. The summed E-state index contributed by atoms with van der Waals surface area (Å²) in [6, 6.07) is 11.7. The Kier molecular flexibility index (Phi) is 5.19. The van der Waals surface area contributed by atoms with Crippen LogP contribution in [-0.2, 0) is 10.0 Å². The third kappa shape index (κ3) is 3.98. The van der Waals surface area contributed by atoms with Crippen molar-refractivity contribution in [3.05, 3.63) is 53.6 Å². The Balaban J connectivity index is 1.40. The number of carbonyl (C=O) groups is 1. The van der Waals surface area contributed by atoms with E-state index in [9.17, 15) is 13.2 Å². The molecular weight excluding hydrogens is 424 g/mol. The molecule has 6 rings (SSSR count). The topological polar surface area (TPSA) is 84.5 Å². The highest BCUT2D eigenvalue weighted by Crippen LogP contribution is 2.55. The smallest absolute Gasteiger partial charge is 0.265 e. The lowest BCUT2D eigenvalue weighted by Crippen LogP contribution is -2.59. The van der Waals surface area contributed by atoms with Gasteiger partial charge in [0.1, 0.15) is 10.6 Å². The van der Waals surface area contributed by atoms with Gasteiger partial charge in [-0.3, -0.25) is 9.52 Å². The SMILES string of the molecule is COc1ccc(C(=O)NC23CC4CC(CC(C4)C2)C3)cc1S(=O)(=O)Nc1ccc(C)cc1. The molecule has 0 heterocycles. The van der Waals surface area contributed by atoms with E-state index in [-0.39, 0.29) is 22.1 Å². The van der Waals surface area contributed by atoms with Gasteiger partial charge >= 0.3 is 0 Å². The van der Waals surface area contributed by atoms with Crippen molar-refractivity contribution in [2.75, 3.05) is 11.8 Å². The number of sulfonamides is 1. The number of hydrogen-bond acceptors (Lipinski definition) is 4. The number of amides is 1. The van der Waals surface area contributed by atoms with Gasteiger partial charge < -0.3 is 10.1 Å². The lowest BCUT2D eigenvalue weighted by atomic mass is 9.53. The highest BCUT2D eigenvalue weighted by atomic mass is 32.2. The van der Waals surface area contributed by atoms with Gasteiger partial charge in [0, 0.05) is 16.8 Å². The number of hydrogen-bond donors (Lipinski definition) is 2. The number of aryl methyl sites for hydroxylation is 1. The van der Waals surface area contributed by atoms with Crippen molar-refractivity contribution in [1.29, 1.82) is 0 Å². The maximum Gasteiger partial charge on any atom is 0.265 e. The number of benzene rings is 2. The number of rotatable bonds is 6. The fraction of sp³-hybridized carbons (Fsp3) is 0.480. The molecule has 4 fully saturated rings. The van der Waals surface area contributed by atoms with Crippen LogP contribution in [-0.4, -0.2) is 27.0 Å². The summed E-state index contributed by atoms with van der Waals surface area (Å²) in [6.07, 6.45) is 7.02. The molecule has 2 N–H and O–H groups in total. The van der Waals surface area contributed by atoms with Crippen LogP contribution < -0.4 is 14.8 Å². The van der Waals surface area contributed by atoms with Gasteiger partial charge in [0.15, 0.2) is 0 Å². The highest BCUT2D eigenvalue weighted by Gasteiger charge is 2.51. The number of ether oxygens (including phenoxy) is 1. The third-order valence-corrected chi connectivity index (χ3v) is 8.84. The fourth-order valence-electron chi connectivity index (χ4n) is 6.44. The van der Waals surface area contributed by atoms with E-state index in [2.05, 4.69) is 10.0 Å². The second kappa shape index (κ2) is 7.80. The van der Waals surface area contributed by atoms with E-state index in [4.69, 9.17) is 4.74 Å². The van der Waals surface area contributed by atoms with Gasteiger partial charge in [-0.05, 0) is 93.5 Å². The summed E-state index contributed by atoms with van der Waals surface area (Å²) in [4.78, 5) is 13.2. The van der Waals surface area contributed by atoms with Crippen LogP contribution in [0.5, 0.6) is 5.75 Å². The lowest BCUT2D eigenvalue weighted by Gasteiger charge is -2.56. The van der Waals surface area contributed by atoms with Crippen molar-refractivity contribution in [3.8, 4) is 5.75 Å². The summed E-state index contributed by atoms with van der Waals surface area (Å²) in [5, 5.41) is 3.32. The predicted molar refractivity (Wildman–Crippen MR) is 123 cm³/mol. The molecule has 7 heteroatoms. The summed E-state index contributed by atoms with van der Waals surface area (Å²) in [6.45, 7) is 1.94. The van der Waals surface area contributed by atoms with E-state index in [0.29, 0.717) is 29.0 Å². The molecular formula is C25H30N2O4S. The van der Waals surface area contributed by atoms with E-state index in [0.717, 1.165) is 24.8 Å². The number of methoxy groups -OCH3 is 1. The largest absolute Gasteiger partial charge is 0.495 e. The van der Waals surface area contributed by atoms with Crippen molar-refractivity contribution in [2.45, 2.75) is 55.9 Å². The minimum absolute atomic E-state index is 0.0428. The Bertz CT molecular complexity index is 1110. The lowest BCUT2D eigenvalue weighted by molar-refractivity contribution is -0.0167. The highest BCUT2D eigenvalue weighted by molar-refractivity contribution is 7.92. The van der Waals surface area contributed by atoms with E-state index in [1.165, 1.54) is 32.4 Å². The first-order valence-electron chi connectivity index (χ1n) is 11.4. The van der Waals surface area contributed by atoms with Crippen molar-refractivity contribution >= 4 is 21.6 Å². The molecule has 0 aromatic heterocycles. The maximum atomic E-state index is 13.2. The molecule has 0 aliphatic heterocycles. The second-order valence-corrected chi connectivity index (χ2v) is 11.6. The van der Waals surface area contributed by atoms with E-state index >= 15 is 0 Å². The van der Waals surface area contributed by atoms with Crippen LogP contribution in [0.2, 0.25) is 0 Å². The maximum absolute atomic E-state index is 13.2. The van der Waals surface area contributed by atoms with Crippen molar-refractivity contribution in [1.82, 2.24) is 5.32 Å². The second-order valence-electron chi connectivity index (χ2n) is 9.99. The predicted octanol–water partition coefficient (Wildman–Crippen LogP) is 4.50. The average Bonchev–Trinajstić information content (AvgIpc) is 2.73. The van der Waals surface area contributed by atoms with Crippen LogP contribution in [0.1, 0.15) is 54.4 Å². The average molecular weight is 455 g/mol. The van der Waals surface area contributed by atoms with Crippen LogP contribution in [0, 0.1) is 24.7 Å². The van der Waals surface area contributed by atoms with Crippen molar-refractivity contribution < 1.29 is 17.9 Å². The molecule has 6 nitrogen and oxygen atoms in total. The first kappa shape index (κ1) is 21.3. The first-order chi connectivity index (χ1) is 15.2. The Labute approximate surface area is 189 Å². The van der Waals surface area contributed by atoms with Crippen LogP contribution in [0.15, 0.2) is 47.4 Å². The minimum Gasteiger partial charge on any atom is -0.495 e. The van der Waals surface area contributed by atoms with E-state index < -0.39 is 10.0 Å². The summed E-state index contributed by atoms with van der Waals surface area (Å²) < 4.78 is 34.2. The first-order valence-corrected chi connectivity index (χ1v) is 12.8. The van der Waals surface area contributed by atoms with Gasteiger partial charge in [0.25, 0.3) is 15.9 Å². The van der Waals surface area contributed by atoms with Crippen LogP contribution in [0.25, 0.3) is 0 Å². The molecule has 2 aromatic rings. The molecule has 4 aliphatic carbocycles. The standard InChI is InChI=1S/C25H30N2O4S/c1-16-3-6-21(7-4-16)27-32(29,30)23-12-20(5-8-22(23)31-2)24(28)26-25-13-17-9-18(14-25)11-19(10-17)15-25/h3-8,12,17-19,27H,9-11,13-15H2,1-2H3,(H,26,28). The van der Waals surface area contributed by atoms with Gasteiger partial charge in [0.05, 0.1) is 7.11 Å². The molecule has 4 bridgehead atoms. The molecule has 0 saturated heterocycles. The molecule has 0 radical (unpaired) electrons. The zero-order valence-corrected chi connectivity index (χ0v) is 19.4. The summed E-state index contributed by atoms with van der Waals surface area (Å²) in [5.74, 6) is 2.14. The molecule has 0 unspecified atom stereocenters. The quantitative estimate of drug-likeness (QED) is 0.673. The Morgan fingerprint density at radius 2 is 1.56 bits per heavy atom. The minimum atomic E-state index is -3.93. The summed E-state index contributed by atoms with van der Waals surface area (Å²) in [5.41, 5.74) is 1.70. The fourth-order valence-corrected chi connectivity index (χ4v) is 7.69. The Morgan fingerprint density at radius 3 is 2.12 bits per heavy atom. The van der Waals surface area contributed by atoms with Crippen LogP contribution in [0.4, 0.5) is 5.69 Å². The Hall–Kier alpha value is -2.54. The van der Waals surface area contributed by atoms with Crippen LogP contribution in [0.3, 0.4) is 0 Å². The molecule has 1 amide bonds. The van der Waals surface area contributed by atoms with Gasteiger partial charge in [-0.1, -0.05) is 17.7 Å². The van der Waals surface area contributed by atoms with Crippen molar-refractivity contribution in [2.24, 2.45) is 17.8 Å². The van der Waals surface area contributed by atoms with Crippen LogP contribution >= 0.6 is 0 Å². The third-order valence-electron chi connectivity index (χ3n) is 7.44. The van der Waals surface area contributed by atoms with Gasteiger partial charge in [-0.2, -0.15) is 0 Å². The number of anilines is 1. The zero-order chi connectivity index (χ0) is 22.5. The molecule has 0 spiro atoms. The van der Waals surface area contributed by atoms with E-state index in [1.807, 2.05) is 19.1 Å². The molecule has 4 saturated carbocycles. The molecule has 4 aliphatic rings. The van der Waals surface area contributed by atoms with Gasteiger partial charge in [-0.15, -0.1) is 0 Å². The van der Waals surface area contributed by atoms with Gasteiger partial charge in [-0.25, -0.2) is 8.42 Å². The Morgan fingerprint density at radius 1 is 0.969 bits per heavy atom. The normalized spacial score (nSPS) is 28.4. The number of nitrogens with one attached hydrogen (secondary N) is 2.